The van der Waals surface area contributed by atoms with Crippen LogP contribution >= 0.6 is 17.1 Å². The second kappa shape index (κ2) is 6.36. The van der Waals surface area contributed by atoms with Gasteiger partial charge in [-0.1, -0.05) is 49.9 Å². The Labute approximate surface area is 127 Å². The van der Waals surface area contributed by atoms with Crippen LogP contribution in [0.5, 0.6) is 0 Å². The van der Waals surface area contributed by atoms with Crippen molar-refractivity contribution in [1.29, 1.82) is 0 Å². The second-order valence-corrected chi connectivity index (χ2v) is 13.2. The minimum Gasteiger partial charge on any atom is -0.337 e. The normalized spacial score (nSPS) is 29.6. The number of hydrogen-bond acceptors (Lipinski definition) is 3. The lowest BCUT2D eigenvalue weighted by molar-refractivity contribution is 0.0541. The highest BCUT2D eigenvalue weighted by molar-refractivity contribution is 8.68. The van der Waals surface area contributed by atoms with E-state index in [0.717, 1.165) is 25.7 Å². The maximum absolute atomic E-state index is 10.6. The Balaban J connectivity index is 1.95. The molecule has 0 amide bonds. The topological polar surface area (TPSA) is 29.5 Å². The molecule has 112 valence electrons. The molecular formula is C14H27O2PS2. The van der Waals surface area contributed by atoms with Crippen LogP contribution in [0.2, 0.25) is 0 Å². The Morgan fingerprint density at radius 1 is 0.947 bits per heavy atom. The van der Waals surface area contributed by atoms with Gasteiger partial charge in [0.05, 0.1) is 5.60 Å². The van der Waals surface area contributed by atoms with Gasteiger partial charge in [-0.3, -0.25) is 0 Å². The van der Waals surface area contributed by atoms with Gasteiger partial charge in [-0.2, -0.15) is 0 Å². The molecule has 2 nitrogen and oxygen atoms in total. The van der Waals surface area contributed by atoms with Crippen molar-refractivity contribution in [1.82, 2.24) is 0 Å². The Bertz CT molecular complexity index is 317. The van der Waals surface area contributed by atoms with Gasteiger partial charge >= 0.3 is 0 Å². The summed E-state index contributed by atoms with van der Waals surface area (Å²) in [7, 11) is 0. The van der Waals surface area contributed by atoms with Gasteiger partial charge in [0, 0.05) is 4.75 Å². The lowest BCUT2D eigenvalue weighted by Gasteiger charge is -2.40. The quantitative estimate of drug-likeness (QED) is 0.702. The minimum atomic E-state index is -2.71. The first kappa shape index (κ1) is 16.3. The van der Waals surface area contributed by atoms with Crippen LogP contribution in [0.15, 0.2) is 0 Å². The molecule has 0 aliphatic heterocycles. The van der Waals surface area contributed by atoms with Crippen molar-refractivity contribution in [2.24, 2.45) is 0 Å². The molecule has 19 heavy (non-hydrogen) atoms. The van der Waals surface area contributed by atoms with Gasteiger partial charge in [-0.25, -0.2) is 0 Å². The molecule has 0 saturated heterocycles. The maximum Gasteiger partial charge on any atom is 0.245 e. The van der Waals surface area contributed by atoms with Crippen LogP contribution in [0, 0.1) is 0 Å². The van der Waals surface area contributed by atoms with Crippen molar-refractivity contribution in [2.45, 2.75) is 88.4 Å². The largest absolute Gasteiger partial charge is 0.337 e. The number of hydrogen-bond donors (Lipinski definition) is 1. The predicted molar refractivity (Wildman–Crippen MR) is 88.2 cm³/mol. The molecule has 1 atom stereocenters. The second-order valence-electron chi connectivity index (χ2n) is 6.67. The molecule has 2 fully saturated rings. The molecular weight excluding hydrogens is 295 g/mol. The third-order valence-corrected chi connectivity index (χ3v) is 9.38. The van der Waals surface area contributed by atoms with Crippen molar-refractivity contribution in [3.63, 3.8) is 0 Å². The molecule has 2 aliphatic carbocycles. The lowest BCUT2D eigenvalue weighted by Crippen LogP contribution is -2.31. The standard InChI is InChI=1S/C14H27O2PS2/c1-13(9-5-3-6-10-13)16-17(15,18)19-14(2)11-7-4-8-12-14/h3-12H2,1-2H3,(H,15,18). The summed E-state index contributed by atoms with van der Waals surface area (Å²) in [6.45, 7) is 4.38. The molecule has 1 N–H and O–H groups in total. The van der Waals surface area contributed by atoms with E-state index < -0.39 is 5.69 Å². The van der Waals surface area contributed by atoms with Crippen LogP contribution in [0.1, 0.15) is 78.1 Å². The fraction of sp³-hybridized carbons (Fsp3) is 1.00. The van der Waals surface area contributed by atoms with Crippen molar-refractivity contribution >= 4 is 28.9 Å². The molecule has 0 spiro atoms. The van der Waals surface area contributed by atoms with Crippen LogP contribution in [-0.2, 0) is 16.3 Å². The van der Waals surface area contributed by atoms with E-state index in [4.69, 9.17) is 16.3 Å². The molecule has 2 saturated carbocycles. The maximum atomic E-state index is 10.6. The molecule has 2 aliphatic rings. The third kappa shape index (κ3) is 5.00. The van der Waals surface area contributed by atoms with Crippen molar-refractivity contribution in [3.05, 3.63) is 0 Å². The minimum absolute atomic E-state index is 0.132. The fourth-order valence-corrected chi connectivity index (χ4v) is 10.2. The summed E-state index contributed by atoms with van der Waals surface area (Å²) in [5.74, 6) is 0. The molecule has 2 rings (SSSR count). The predicted octanol–water partition coefficient (Wildman–Crippen LogP) is 5.40. The van der Waals surface area contributed by atoms with Crippen LogP contribution in [0.3, 0.4) is 0 Å². The average molecular weight is 322 g/mol. The highest BCUT2D eigenvalue weighted by atomic mass is 32.9. The van der Waals surface area contributed by atoms with Crippen LogP contribution in [-0.4, -0.2) is 15.2 Å². The molecule has 0 aromatic heterocycles. The van der Waals surface area contributed by atoms with Gasteiger partial charge in [0.15, 0.2) is 0 Å². The van der Waals surface area contributed by atoms with Crippen molar-refractivity contribution < 1.29 is 9.42 Å². The molecule has 5 heteroatoms. The van der Waals surface area contributed by atoms with E-state index in [1.807, 2.05) is 0 Å². The average Bonchev–Trinajstić information content (AvgIpc) is 2.27. The lowest BCUT2D eigenvalue weighted by atomic mass is 9.87. The van der Waals surface area contributed by atoms with E-state index in [-0.39, 0.29) is 10.3 Å². The van der Waals surface area contributed by atoms with Gasteiger partial charge in [0.2, 0.25) is 5.69 Å². The monoisotopic (exact) mass is 322 g/mol. The smallest absolute Gasteiger partial charge is 0.245 e. The summed E-state index contributed by atoms with van der Waals surface area (Å²) in [5.41, 5.74) is -2.89. The van der Waals surface area contributed by atoms with E-state index in [2.05, 4.69) is 13.8 Å². The van der Waals surface area contributed by atoms with Crippen molar-refractivity contribution in [2.75, 3.05) is 0 Å². The van der Waals surface area contributed by atoms with Gasteiger partial charge in [0.25, 0.3) is 0 Å². The molecule has 0 aromatic rings. The Morgan fingerprint density at radius 3 is 1.95 bits per heavy atom. The van der Waals surface area contributed by atoms with Crippen molar-refractivity contribution in [3.8, 4) is 0 Å². The highest BCUT2D eigenvalue weighted by Gasteiger charge is 2.39. The summed E-state index contributed by atoms with van der Waals surface area (Å²) in [6.07, 6.45) is 12.0. The first-order valence-corrected chi connectivity index (χ1v) is 11.7. The van der Waals surface area contributed by atoms with Crippen LogP contribution in [0.4, 0.5) is 0 Å². The van der Waals surface area contributed by atoms with Crippen LogP contribution < -0.4 is 0 Å². The molecule has 0 radical (unpaired) electrons. The van der Waals surface area contributed by atoms with E-state index in [0.29, 0.717) is 0 Å². The van der Waals surface area contributed by atoms with Gasteiger partial charge in [-0.15, -0.1) is 0 Å². The first-order valence-electron chi connectivity index (χ1n) is 7.57. The Morgan fingerprint density at radius 2 is 1.42 bits per heavy atom. The summed E-state index contributed by atoms with van der Waals surface area (Å²) < 4.78 is 6.21. The number of rotatable bonds is 4. The van der Waals surface area contributed by atoms with E-state index in [1.165, 1.54) is 38.5 Å². The third-order valence-electron chi connectivity index (χ3n) is 4.49. The summed E-state index contributed by atoms with van der Waals surface area (Å²) in [5, 5.41) is 0. The fourth-order valence-electron chi connectivity index (χ4n) is 3.36. The van der Waals surface area contributed by atoms with E-state index in [9.17, 15) is 4.89 Å². The zero-order valence-corrected chi connectivity index (χ0v) is 14.7. The van der Waals surface area contributed by atoms with Gasteiger partial charge < -0.3 is 9.42 Å². The Kier molecular flexibility index (Phi) is 5.45. The summed E-state index contributed by atoms with van der Waals surface area (Å²) in [4.78, 5) is 10.6. The van der Waals surface area contributed by atoms with Gasteiger partial charge in [-0.05, 0) is 51.3 Å². The molecule has 0 aromatic carbocycles. The molecule has 1 unspecified atom stereocenters. The molecule has 0 bridgehead atoms. The Hall–Kier alpha value is 0.920. The molecule has 0 heterocycles. The summed E-state index contributed by atoms with van der Waals surface area (Å²) in [6, 6.07) is 0. The zero-order valence-electron chi connectivity index (χ0n) is 12.2. The van der Waals surface area contributed by atoms with E-state index in [1.54, 1.807) is 11.4 Å². The van der Waals surface area contributed by atoms with Crippen LogP contribution in [0.25, 0.3) is 0 Å². The van der Waals surface area contributed by atoms with Gasteiger partial charge in [0.1, 0.15) is 0 Å². The SMILES string of the molecule is CC1(OP(O)(=S)SC2(C)CCCCC2)CCCCC1. The zero-order chi connectivity index (χ0) is 14.0. The summed E-state index contributed by atoms with van der Waals surface area (Å²) >= 11 is 7.03. The first-order chi connectivity index (χ1) is 8.83. The van der Waals surface area contributed by atoms with E-state index >= 15 is 0 Å². The highest BCUT2D eigenvalue weighted by Crippen LogP contribution is 2.66.